The molecule has 0 unspecified atom stereocenters. The van der Waals surface area contributed by atoms with Crippen LogP contribution in [0.1, 0.15) is 6.42 Å². The second-order valence-electron chi connectivity index (χ2n) is 4.12. The van der Waals surface area contributed by atoms with Gasteiger partial charge in [0, 0.05) is 32.7 Å². The summed E-state index contributed by atoms with van der Waals surface area (Å²) in [5, 5.41) is 0. The van der Waals surface area contributed by atoms with Crippen molar-refractivity contribution in [2.45, 2.75) is 12.8 Å². The van der Waals surface area contributed by atoms with Crippen molar-refractivity contribution in [1.29, 1.82) is 0 Å². The van der Waals surface area contributed by atoms with Crippen molar-refractivity contribution in [3.8, 4) is 0 Å². The fourth-order valence-electron chi connectivity index (χ4n) is 1.84. The van der Waals surface area contributed by atoms with Gasteiger partial charge in [-0.1, -0.05) is 0 Å². The number of alkyl halides is 3. The first-order valence-corrected chi connectivity index (χ1v) is 5.87. The highest BCUT2D eigenvalue weighted by molar-refractivity contribution is 4.71. The molecule has 1 saturated heterocycles. The molecule has 17 heavy (non-hydrogen) atoms. The van der Waals surface area contributed by atoms with Crippen molar-refractivity contribution >= 4 is 0 Å². The third kappa shape index (κ3) is 6.82. The van der Waals surface area contributed by atoms with Gasteiger partial charge in [-0.25, -0.2) is 0 Å². The number of hydrogen-bond acceptors (Lipinski definition) is 4. The van der Waals surface area contributed by atoms with Gasteiger partial charge in [-0.15, -0.1) is 13.2 Å². The molecule has 0 radical (unpaired) electrons. The molecule has 0 bridgehead atoms. The van der Waals surface area contributed by atoms with E-state index in [0.29, 0.717) is 13.1 Å². The molecule has 0 amide bonds. The van der Waals surface area contributed by atoms with Crippen LogP contribution in [0.25, 0.3) is 0 Å². The predicted molar refractivity (Wildman–Crippen MR) is 58.6 cm³/mol. The van der Waals surface area contributed by atoms with Crippen LogP contribution in [0.4, 0.5) is 13.2 Å². The monoisotopic (exact) mass is 255 g/mol. The normalized spacial score (nSPS) is 19.8. The summed E-state index contributed by atoms with van der Waals surface area (Å²) < 4.78 is 39.0. The second-order valence-corrected chi connectivity index (χ2v) is 4.12. The molecule has 0 aliphatic carbocycles. The summed E-state index contributed by atoms with van der Waals surface area (Å²) in [4.78, 5) is 4.28. The second kappa shape index (κ2) is 7.15. The fourth-order valence-corrected chi connectivity index (χ4v) is 1.84. The molecular formula is C10H20F3N3O. The van der Waals surface area contributed by atoms with Gasteiger partial charge in [-0.3, -0.25) is 9.64 Å². The number of piperazine rings is 1. The quantitative estimate of drug-likeness (QED) is 0.750. The molecule has 0 saturated carbocycles. The number of nitrogens with two attached hydrogens (primary N) is 1. The minimum absolute atomic E-state index is 0.285. The van der Waals surface area contributed by atoms with Crippen LogP contribution in [0.15, 0.2) is 0 Å². The van der Waals surface area contributed by atoms with Gasteiger partial charge < -0.3 is 10.6 Å². The number of rotatable bonds is 6. The lowest BCUT2D eigenvalue weighted by atomic mass is 10.3. The van der Waals surface area contributed by atoms with Crippen LogP contribution in [-0.2, 0) is 4.74 Å². The molecule has 0 aromatic rings. The highest BCUT2D eigenvalue weighted by Gasteiger charge is 2.29. The summed E-state index contributed by atoms with van der Waals surface area (Å²) >= 11 is 0. The zero-order valence-electron chi connectivity index (χ0n) is 9.88. The number of nitrogens with zero attached hydrogens (tertiary/aromatic N) is 2. The number of hydrogen-bond donors (Lipinski definition) is 1. The maximum absolute atomic E-state index is 11.8. The third-order valence-corrected chi connectivity index (χ3v) is 2.82. The van der Waals surface area contributed by atoms with Crippen molar-refractivity contribution in [2.24, 2.45) is 5.73 Å². The minimum atomic E-state index is -4.51. The van der Waals surface area contributed by atoms with Gasteiger partial charge >= 0.3 is 6.36 Å². The van der Waals surface area contributed by atoms with Crippen molar-refractivity contribution in [1.82, 2.24) is 9.80 Å². The Balaban J connectivity index is 2.07. The topological polar surface area (TPSA) is 41.7 Å². The Morgan fingerprint density at radius 3 is 2.00 bits per heavy atom. The number of ether oxygens (including phenoxy) is 1. The SMILES string of the molecule is NCCCN1CCN(CCOC(F)(F)F)CC1. The standard InChI is InChI=1S/C10H20F3N3O/c11-10(12,13)17-9-8-16-6-4-15(5-7-16)3-1-2-14/h1-9,14H2. The highest BCUT2D eigenvalue weighted by atomic mass is 19.4. The maximum Gasteiger partial charge on any atom is 0.522 e. The lowest BCUT2D eigenvalue weighted by Crippen LogP contribution is -2.47. The summed E-state index contributed by atoms with van der Waals surface area (Å²) in [5.41, 5.74) is 5.42. The van der Waals surface area contributed by atoms with E-state index < -0.39 is 6.36 Å². The first-order valence-electron chi connectivity index (χ1n) is 5.87. The zero-order chi connectivity index (χ0) is 12.7. The average Bonchev–Trinajstić information content (AvgIpc) is 2.26. The molecule has 0 atom stereocenters. The lowest BCUT2D eigenvalue weighted by molar-refractivity contribution is -0.325. The molecule has 0 aromatic carbocycles. The Bertz CT molecular complexity index is 205. The Labute approximate surface area is 99.5 Å². The molecule has 4 nitrogen and oxygen atoms in total. The number of halogens is 3. The average molecular weight is 255 g/mol. The summed E-state index contributed by atoms with van der Waals surface area (Å²) in [7, 11) is 0. The zero-order valence-corrected chi connectivity index (χ0v) is 9.88. The Kier molecular flexibility index (Phi) is 6.18. The van der Waals surface area contributed by atoms with Crippen LogP contribution in [0.2, 0.25) is 0 Å². The molecule has 7 heteroatoms. The van der Waals surface area contributed by atoms with Gasteiger partial charge in [-0.2, -0.15) is 0 Å². The lowest BCUT2D eigenvalue weighted by Gasteiger charge is -2.34. The van der Waals surface area contributed by atoms with Crippen molar-refractivity contribution < 1.29 is 17.9 Å². The summed E-state index contributed by atoms with van der Waals surface area (Å²) in [6.45, 7) is 5.09. The van der Waals surface area contributed by atoms with E-state index >= 15 is 0 Å². The smallest absolute Gasteiger partial charge is 0.330 e. The van der Waals surface area contributed by atoms with Crippen LogP contribution >= 0.6 is 0 Å². The van der Waals surface area contributed by atoms with E-state index in [2.05, 4.69) is 9.64 Å². The Morgan fingerprint density at radius 2 is 1.53 bits per heavy atom. The van der Waals surface area contributed by atoms with Crippen LogP contribution in [0.5, 0.6) is 0 Å². The van der Waals surface area contributed by atoms with E-state index in [1.165, 1.54) is 0 Å². The summed E-state index contributed by atoms with van der Waals surface area (Å²) in [6.07, 6.45) is -3.54. The van der Waals surface area contributed by atoms with E-state index in [9.17, 15) is 13.2 Å². The van der Waals surface area contributed by atoms with Crippen LogP contribution in [0, 0.1) is 0 Å². The van der Waals surface area contributed by atoms with Crippen LogP contribution in [-0.4, -0.2) is 68.6 Å². The van der Waals surface area contributed by atoms with Crippen LogP contribution < -0.4 is 5.73 Å². The van der Waals surface area contributed by atoms with Crippen molar-refractivity contribution in [3.05, 3.63) is 0 Å². The van der Waals surface area contributed by atoms with E-state index in [4.69, 9.17) is 5.73 Å². The van der Waals surface area contributed by atoms with Gasteiger partial charge in [0.25, 0.3) is 0 Å². The Hall–Kier alpha value is -0.370. The van der Waals surface area contributed by atoms with Gasteiger partial charge in [0.1, 0.15) is 0 Å². The third-order valence-electron chi connectivity index (χ3n) is 2.82. The molecule has 1 aliphatic rings. The van der Waals surface area contributed by atoms with E-state index in [1.807, 2.05) is 4.90 Å². The fraction of sp³-hybridized carbons (Fsp3) is 1.00. The van der Waals surface area contributed by atoms with E-state index in [-0.39, 0.29) is 6.61 Å². The first-order chi connectivity index (χ1) is 8.01. The molecule has 102 valence electrons. The van der Waals surface area contributed by atoms with Crippen molar-refractivity contribution in [2.75, 3.05) is 52.4 Å². The largest absolute Gasteiger partial charge is 0.522 e. The van der Waals surface area contributed by atoms with E-state index in [1.54, 1.807) is 0 Å². The van der Waals surface area contributed by atoms with Gasteiger partial charge in [0.05, 0.1) is 6.61 Å². The predicted octanol–water partition coefficient (Wildman–Crippen LogP) is 0.489. The summed E-state index contributed by atoms with van der Waals surface area (Å²) in [6, 6.07) is 0. The highest BCUT2D eigenvalue weighted by Crippen LogP contribution is 2.15. The minimum Gasteiger partial charge on any atom is -0.330 e. The molecule has 0 spiro atoms. The Morgan fingerprint density at radius 1 is 1.00 bits per heavy atom. The molecule has 0 aromatic heterocycles. The van der Waals surface area contributed by atoms with Gasteiger partial charge in [0.15, 0.2) is 0 Å². The van der Waals surface area contributed by atoms with Crippen LogP contribution in [0.3, 0.4) is 0 Å². The van der Waals surface area contributed by atoms with Crippen molar-refractivity contribution in [3.63, 3.8) is 0 Å². The molecule has 1 aliphatic heterocycles. The summed E-state index contributed by atoms with van der Waals surface area (Å²) in [5.74, 6) is 0. The molecule has 2 N–H and O–H groups in total. The van der Waals surface area contributed by atoms with E-state index in [0.717, 1.165) is 39.1 Å². The maximum atomic E-state index is 11.8. The molecule has 1 rings (SSSR count). The van der Waals surface area contributed by atoms with Gasteiger partial charge in [0.2, 0.25) is 0 Å². The molecule has 1 fully saturated rings. The molecular weight excluding hydrogens is 235 g/mol. The molecule has 1 heterocycles. The first kappa shape index (κ1) is 14.7. The van der Waals surface area contributed by atoms with Gasteiger partial charge in [-0.05, 0) is 19.5 Å².